The second-order valence-corrected chi connectivity index (χ2v) is 8.70. The fraction of sp³-hybridized carbons (Fsp3) is 0. The lowest BCUT2D eigenvalue weighted by Gasteiger charge is -2.08. The third-order valence-corrected chi connectivity index (χ3v) is 5.85. The summed E-state index contributed by atoms with van der Waals surface area (Å²) in [7, 11) is -8.16. The van der Waals surface area contributed by atoms with E-state index in [9.17, 15) is 21.6 Å². The van der Waals surface area contributed by atoms with Crippen LogP contribution < -0.4 is 21.9 Å². The monoisotopic (exact) mass is 431 g/mol. The summed E-state index contributed by atoms with van der Waals surface area (Å²) in [6, 6.07) is 8.56. The van der Waals surface area contributed by atoms with Crippen LogP contribution in [0, 0.1) is 0 Å². The Hall–Kier alpha value is -2.67. The molecule has 0 atom stereocenters. The van der Waals surface area contributed by atoms with Crippen LogP contribution in [0.25, 0.3) is 0 Å². The van der Waals surface area contributed by atoms with Gasteiger partial charge in [-0.3, -0.25) is 4.79 Å². The number of primary sulfonamides is 1. The molecule has 10 nitrogen and oxygen atoms in total. The van der Waals surface area contributed by atoms with Gasteiger partial charge in [-0.05, 0) is 42.5 Å². The molecule has 0 bridgehead atoms. The molecular weight excluding hydrogens is 418 g/mol. The minimum atomic E-state index is -4.11. The lowest BCUT2D eigenvalue weighted by Crippen LogP contribution is -2.24. The first-order valence-electron chi connectivity index (χ1n) is 7.00. The smallest absolute Gasteiger partial charge is 0.285 e. The van der Waals surface area contributed by atoms with Crippen molar-refractivity contribution in [3.63, 3.8) is 0 Å². The molecule has 27 heavy (non-hydrogen) atoms. The van der Waals surface area contributed by atoms with E-state index in [1.807, 2.05) is 0 Å². The number of guanidine groups is 1. The van der Waals surface area contributed by atoms with Crippen LogP contribution in [0.1, 0.15) is 10.4 Å². The molecule has 0 aliphatic rings. The highest BCUT2D eigenvalue weighted by atomic mass is 35.5. The van der Waals surface area contributed by atoms with E-state index >= 15 is 0 Å². The maximum absolute atomic E-state index is 12.3. The van der Waals surface area contributed by atoms with Gasteiger partial charge >= 0.3 is 0 Å². The molecule has 1 amide bonds. The number of halogens is 1. The average molecular weight is 432 g/mol. The van der Waals surface area contributed by atoms with E-state index in [4.69, 9.17) is 28.2 Å². The Kier molecular flexibility index (Phi) is 5.75. The highest BCUT2D eigenvalue weighted by molar-refractivity contribution is 7.90. The van der Waals surface area contributed by atoms with Crippen molar-refractivity contribution in [1.29, 1.82) is 0 Å². The average Bonchev–Trinajstić information content (AvgIpc) is 2.53. The molecular formula is C14H14ClN5O5S2. The van der Waals surface area contributed by atoms with Gasteiger partial charge in [-0.15, -0.1) is 4.40 Å². The number of carbonyl (C=O) groups excluding carboxylic acids is 1. The molecule has 0 aliphatic heterocycles. The minimum absolute atomic E-state index is 0.0133. The number of amides is 1. The second-order valence-electron chi connectivity index (χ2n) is 5.16. The van der Waals surface area contributed by atoms with Crippen molar-refractivity contribution in [3.8, 4) is 0 Å². The zero-order valence-corrected chi connectivity index (χ0v) is 15.8. The summed E-state index contributed by atoms with van der Waals surface area (Å²) in [5.74, 6) is -1.27. The van der Waals surface area contributed by atoms with Gasteiger partial charge in [-0.1, -0.05) is 11.6 Å². The summed E-state index contributed by atoms with van der Waals surface area (Å²) in [5.41, 5.74) is 10.4. The summed E-state index contributed by atoms with van der Waals surface area (Å²) >= 11 is 5.77. The van der Waals surface area contributed by atoms with Gasteiger partial charge in [0.15, 0.2) is 0 Å². The summed E-state index contributed by atoms with van der Waals surface area (Å²) in [5, 5.41) is 7.40. The zero-order valence-electron chi connectivity index (χ0n) is 13.5. The van der Waals surface area contributed by atoms with Gasteiger partial charge in [0.1, 0.15) is 4.90 Å². The molecule has 2 rings (SSSR count). The standard InChI is InChI=1S/C14H14ClN5O5S2/c15-11-6-1-8(7-12(11)26(18,22)23)13(21)19-9-2-4-10(5-3-9)27(24,25)20-14(16)17/h1-7H,(H,19,21)(H4,16,17,20)(H2,18,22,23). The summed E-state index contributed by atoms with van der Waals surface area (Å²) in [6.45, 7) is 0. The van der Waals surface area contributed by atoms with Crippen molar-refractivity contribution in [2.45, 2.75) is 9.79 Å². The van der Waals surface area contributed by atoms with E-state index in [1.165, 1.54) is 36.4 Å². The highest BCUT2D eigenvalue weighted by Crippen LogP contribution is 2.22. The van der Waals surface area contributed by atoms with E-state index in [-0.39, 0.29) is 21.2 Å². The van der Waals surface area contributed by atoms with Gasteiger partial charge in [-0.25, -0.2) is 13.6 Å². The fourth-order valence-corrected chi connectivity index (χ4v) is 3.90. The van der Waals surface area contributed by atoms with Crippen LogP contribution in [-0.2, 0) is 20.0 Å². The third-order valence-electron chi connectivity index (χ3n) is 3.14. The first-order valence-corrected chi connectivity index (χ1v) is 10.4. The van der Waals surface area contributed by atoms with Crippen molar-refractivity contribution >= 4 is 49.2 Å². The number of hydrogen-bond acceptors (Lipinski definition) is 5. The third kappa shape index (κ3) is 5.17. The normalized spacial score (nSPS) is 11.6. The quantitative estimate of drug-likeness (QED) is 0.384. The van der Waals surface area contributed by atoms with E-state index in [1.54, 1.807) is 0 Å². The van der Waals surface area contributed by atoms with E-state index < -0.39 is 36.8 Å². The molecule has 0 saturated heterocycles. The Balaban J connectivity index is 2.26. The van der Waals surface area contributed by atoms with Crippen LogP contribution in [0.3, 0.4) is 0 Å². The first kappa shape index (κ1) is 20.6. The maximum Gasteiger partial charge on any atom is 0.285 e. The first-order chi connectivity index (χ1) is 12.4. The lowest BCUT2D eigenvalue weighted by molar-refractivity contribution is 0.102. The SMILES string of the molecule is NC(N)=NS(=O)(=O)c1ccc(NC(=O)c2ccc(Cl)c(S(N)(=O)=O)c2)cc1. The fourth-order valence-electron chi connectivity index (χ4n) is 1.97. The predicted molar refractivity (Wildman–Crippen MR) is 100 cm³/mol. The van der Waals surface area contributed by atoms with Gasteiger partial charge in [0.25, 0.3) is 15.9 Å². The molecule has 0 saturated carbocycles. The van der Waals surface area contributed by atoms with Crippen LogP contribution in [0.5, 0.6) is 0 Å². The highest BCUT2D eigenvalue weighted by Gasteiger charge is 2.17. The largest absolute Gasteiger partial charge is 0.369 e. The van der Waals surface area contributed by atoms with Gasteiger partial charge in [-0.2, -0.15) is 8.42 Å². The predicted octanol–water partition coefficient (Wildman–Crippen LogP) is 0.202. The number of nitrogens with zero attached hydrogens (tertiary/aromatic N) is 1. The maximum atomic E-state index is 12.3. The van der Waals surface area contributed by atoms with Crippen molar-refractivity contribution in [2.24, 2.45) is 21.0 Å². The van der Waals surface area contributed by atoms with Crippen molar-refractivity contribution in [3.05, 3.63) is 53.1 Å². The topological polar surface area (TPSA) is 188 Å². The van der Waals surface area contributed by atoms with E-state index in [2.05, 4.69) is 9.71 Å². The molecule has 0 radical (unpaired) electrons. The molecule has 0 aromatic heterocycles. The molecule has 144 valence electrons. The summed E-state index contributed by atoms with van der Waals surface area (Å²) in [4.78, 5) is 11.7. The number of sulfonamides is 2. The van der Waals surface area contributed by atoms with Crippen LogP contribution in [0.4, 0.5) is 5.69 Å². The molecule has 2 aromatic carbocycles. The van der Waals surface area contributed by atoms with Gasteiger partial charge < -0.3 is 16.8 Å². The number of nitrogens with one attached hydrogen (secondary N) is 1. The second kappa shape index (κ2) is 7.52. The molecule has 0 unspecified atom stereocenters. The van der Waals surface area contributed by atoms with Crippen LogP contribution in [-0.4, -0.2) is 28.7 Å². The zero-order chi connectivity index (χ0) is 20.4. The molecule has 7 N–H and O–H groups in total. The Morgan fingerprint density at radius 3 is 2.11 bits per heavy atom. The van der Waals surface area contributed by atoms with Gasteiger partial charge in [0.2, 0.25) is 16.0 Å². The summed E-state index contributed by atoms with van der Waals surface area (Å²) in [6.07, 6.45) is 0. The number of benzene rings is 2. The molecule has 0 fully saturated rings. The van der Waals surface area contributed by atoms with E-state index in [0.717, 1.165) is 6.07 Å². The van der Waals surface area contributed by atoms with Crippen molar-refractivity contribution in [2.75, 3.05) is 5.32 Å². The molecule has 13 heteroatoms. The Labute approximate surface area is 160 Å². The van der Waals surface area contributed by atoms with Crippen LogP contribution in [0.15, 0.2) is 56.7 Å². The van der Waals surface area contributed by atoms with Crippen LogP contribution >= 0.6 is 11.6 Å². The minimum Gasteiger partial charge on any atom is -0.369 e. The Bertz CT molecular complexity index is 1120. The number of anilines is 1. The molecule has 0 heterocycles. The van der Waals surface area contributed by atoms with Crippen molar-refractivity contribution in [1.82, 2.24) is 0 Å². The molecule has 0 spiro atoms. The van der Waals surface area contributed by atoms with E-state index in [0.29, 0.717) is 0 Å². The molecule has 0 aliphatic carbocycles. The number of hydrogen-bond donors (Lipinski definition) is 4. The number of rotatable bonds is 5. The Morgan fingerprint density at radius 1 is 1.00 bits per heavy atom. The van der Waals surface area contributed by atoms with Gasteiger partial charge in [0, 0.05) is 11.3 Å². The van der Waals surface area contributed by atoms with Gasteiger partial charge in [0.05, 0.1) is 9.92 Å². The summed E-state index contributed by atoms with van der Waals surface area (Å²) < 4.78 is 49.8. The van der Waals surface area contributed by atoms with Crippen molar-refractivity contribution < 1.29 is 21.6 Å². The Morgan fingerprint density at radius 2 is 1.59 bits per heavy atom. The number of nitrogens with two attached hydrogens (primary N) is 3. The van der Waals surface area contributed by atoms with Crippen LogP contribution in [0.2, 0.25) is 5.02 Å². The lowest BCUT2D eigenvalue weighted by atomic mass is 10.2. The number of carbonyl (C=O) groups is 1. The molecule has 2 aromatic rings.